The summed E-state index contributed by atoms with van der Waals surface area (Å²) >= 11 is 0. The highest BCUT2D eigenvalue weighted by atomic mass is 19.1. The van der Waals surface area contributed by atoms with Gasteiger partial charge in [-0.15, -0.1) is 0 Å². The molecule has 1 aliphatic rings. The van der Waals surface area contributed by atoms with Gasteiger partial charge >= 0.3 is 6.09 Å². The molecule has 13 heteroatoms. The Morgan fingerprint density at radius 2 is 1.75 bits per heavy atom. The maximum Gasteiger partial charge on any atom is 0.425 e. The van der Waals surface area contributed by atoms with Gasteiger partial charge in [0.25, 0.3) is 0 Å². The predicted octanol–water partition coefficient (Wildman–Crippen LogP) is 7.58. The molecule has 0 bridgehead atoms. The number of unbranched alkanes of at least 4 members (excludes halogenated alkanes) is 1. The number of nitrogens with zero attached hydrogens (tertiary/aromatic N) is 5. The number of aromatic nitrogens is 2. The van der Waals surface area contributed by atoms with Gasteiger partial charge in [-0.25, -0.2) is 19.1 Å². The number of rotatable bonds is 17. The monoisotopic (exact) mass is 755 g/mol. The summed E-state index contributed by atoms with van der Waals surface area (Å²) in [5.41, 5.74) is 3.21. The highest BCUT2D eigenvalue weighted by Crippen LogP contribution is 2.36. The van der Waals surface area contributed by atoms with Crippen LogP contribution >= 0.6 is 0 Å². The number of carbonyl (C=O) groups is 2. The van der Waals surface area contributed by atoms with E-state index in [-0.39, 0.29) is 23.4 Å². The van der Waals surface area contributed by atoms with Gasteiger partial charge in [0, 0.05) is 75.7 Å². The average molecular weight is 756 g/mol. The minimum atomic E-state index is -0.724. The SMILES string of the molecule is CCCCNC(=O)CCc1ccc(N(C(=O)Oc2c(C)cccc2C)c2ccnc(Nc3ccc(OCCN4CCN(C(C)C)CC4)c(F)c3)n2)c(OC)c1. The van der Waals surface area contributed by atoms with Crippen LogP contribution in [0.4, 0.5) is 32.3 Å². The molecule has 0 saturated carbocycles. The first-order valence-electron chi connectivity index (χ1n) is 19.1. The summed E-state index contributed by atoms with van der Waals surface area (Å²) in [5.74, 6) is 0.740. The van der Waals surface area contributed by atoms with E-state index in [4.69, 9.17) is 14.2 Å². The van der Waals surface area contributed by atoms with Crippen molar-refractivity contribution in [2.24, 2.45) is 0 Å². The molecule has 0 atom stereocenters. The van der Waals surface area contributed by atoms with Crippen LogP contribution in [0.1, 0.15) is 56.7 Å². The van der Waals surface area contributed by atoms with Crippen molar-refractivity contribution in [3.05, 3.63) is 89.4 Å². The van der Waals surface area contributed by atoms with Crippen LogP contribution < -0.4 is 29.7 Å². The number of anilines is 4. The number of piperazine rings is 1. The molecule has 0 spiro atoms. The number of hydrogen-bond acceptors (Lipinski definition) is 10. The molecule has 2 heterocycles. The lowest BCUT2D eigenvalue weighted by Crippen LogP contribution is -2.49. The molecule has 1 fully saturated rings. The molecule has 294 valence electrons. The number of methoxy groups -OCH3 is 1. The Morgan fingerprint density at radius 1 is 0.982 bits per heavy atom. The lowest BCUT2D eigenvalue weighted by molar-refractivity contribution is -0.121. The molecule has 4 aromatic rings. The summed E-state index contributed by atoms with van der Waals surface area (Å²) in [6, 6.07) is 17.7. The minimum absolute atomic E-state index is 0.0235. The molecule has 2 N–H and O–H groups in total. The van der Waals surface area contributed by atoms with Gasteiger partial charge in [0.15, 0.2) is 11.6 Å². The largest absolute Gasteiger partial charge is 0.495 e. The quantitative estimate of drug-likeness (QED) is 0.104. The van der Waals surface area contributed by atoms with E-state index in [1.165, 1.54) is 24.3 Å². The zero-order valence-corrected chi connectivity index (χ0v) is 32.9. The van der Waals surface area contributed by atoms with Crippen LogP contribution in [0.2, 0.25) is 0 Å². The smallest absolute Gasteiger partial charge is 0.425 e. The highest BCUT2D eigenvalue weighted by molar-refractivity contribution is 5.98. The van der Waals surface area contributed by atoms with Gasteiger partial charge in [-0.3, -0.25) is 14.6 Å². The summed E-state index contributed by atoms with van der Waals surface area (Å²) in [6.07, 6.45) is 3.50. The van der Waals surface area contributed by atoms with Crippen molar-refractivity contribution in [1.29, 1.82) is 0 Å². The molecular weight excluding hydrogens is 702 g/mol. The van der Waals surface area contributed by atoms with Crippen molar-refractivity contribution < 1.29 is 28.2 Å². The summed E-state index contributed by atoms with van der Waals surface area (Å²) < 4.78 is 32.8. The van der Waals surface area contributed by atoms with Gasteiger partial charge in [-0.2, -0.15) is 4.98 Å². The first-order valence-corrected chi connectivity index (χ1v) is 19.1. The maximum absolute atomic E-state index is 15.2. The van der Waals surface area contributed by atoms with E-state index in [1.807, 2.05) is 38.1 Å². The molecule has 1 aromatic heterocycles. The van der Waals surface area contributed by atoms with Crippen molar-refractivity contribution in [3.63, 3.8) is 0 Å². The standard InChI is InChI=1S/C42H54FN7O5/c1-7-8-19-44-39(51)17-13-32-12-15-35(37(27-32)53-6)50(42(52)55-40-30(4)10-9-11-31(40)5)38-18-20-45-41(47-38)46-33-14-16-36(34(43)28-33)54-26-25-48-21-23-49(24-22-48)29(2)3/h9-12,14-16,18,20,27-29H,7-8,13,17,19,21-26H2,1-6H3,(H,44,51)(H,45,46,47). The summed E-state index contributed by atoms with van der Waals surface area (Å²) in [6.45, 7) is 15.9. The van der Waals surface area contributed by atoms with E-state index in [1.54, 1.807) is 30.3 Å². The number of para-hydroxylation sites is 1. The molecular formula is C42H54FN7O5. The summed E-state index contributed by atoms with van der Waals surface area (Å²) in [4.78, 5) is 41.6. The van der Waals surface area contributed by atoms with E-state index in [2.05, 4.69) is 51.2 Å². The number of nitrogens with one attached hydrogen (secondary N) is 2. The van der Waals surface area contributed by atoms with Crippen LogP contribution in [0.3, 0.4) is 0 Å². The van der Waals surface area contributed by atoms with E-state index in [0.29, 0.717) is 54.9 Å². The Morgan fingerprint density at radius 3 is 2.44 bits per heavy atom. The zero-order chi connectivity index (χ0) is 39.3. The van der Waals surface area contributed by atoms with Crippen molar-refractivity contribution in [2.75, 3.05) is 63.2 Å². The molecule has 12 nitrogen and oxygen atoms in total. The lowest BCUT2D eigenvalue weighted by atomic mass is 10.1. The molecule has 55 heavy (non-hydrogen) atoms. The van der Waals surface area contributed by atoms with Gasteiger partial charge < -0.3 is 24.8 Å². The Bertz CT molecular complexity index is 1880. The normalized spacial score (nSPS) is 13.4. The third-order valence-corrected chi connectivity index (χ3v) is 9.62. The number of carbonyl (C=O) groups excluding carboxylic acids is 2. The molecule has 5 rings (SSSR count). The molecule has 2 amide bonds. The number of hydrogen-bond donors (Lipinski definition) is 2. The van der Waals surface area contributed by atoms with Crippen molar-refractivity contribution in [3.8, 4) is 17.2 Å². The van der Waals surface area contributed by atoms with Gasteiger partial charge in [-0.1, -0.05) is 37.6 Å². The fourth-order valence-corrected chi connectivity index (χ4v) is 6.37. The van der Waals surface area contributed by atoms with Crippen LogP contribution in [0.25, 0.3) is 0 Å². The van der Waals surface area contributed by atoms with Crippen LogP contribution in [-0.2, 0) is 11.2 Å². The van der Waals surface area contributed by atoms with Crippen molar-refractivity contribution in [1.82, 2.24) is 25.1 Å². The van der Waals surface area contributed by atoms with Gasteiger partial charge in [0.1, 0.15) is 23.9 Å². The second kappa shape index (κ2) is 19.9. The Labute approximate surface area is 324 Å². The molecule has 1 saturated heterocycles. The summed E-state index contributed by atoms with van der Waals surface area (Å²) in [5, 5.41) is 5.99. The van der Waals surface area contributed by atoms with Crippen LogP contribution in [-0.4, -0.2) is 90.8 Å². The number of halogens is 1. The second-order valence-electron chi connectivity index (χ2n) is 14.0. The Hall–Kier alpha value is -5.27. The first kappa shape index (κ1) is 40.9. The van der Waals surface area contributed by atoms with Gasteiger partial charge in [0.05, 0.1) is 12.8 Å². The second-order valence-corrected chi connectivity index (χ2v) is 14.0. The van der Waals surface area contributed by atoms with E-state index >= 15 is 4.39 Å². The zero-order valence-electron chi connectivity index (χ0n) is 32.9. The summed E-state index contributed by atoms with van der Waals surface area (Å²) in [7, 11) is 1.51. The maximum atomic E-state index is 15.2. The molecule has 1 aliphatic heterocycles. The minimum Gasteiger partial charge on any atom is -0.495 e. The van der Waals surface area contributed by atoms with Gasteiger partial charge in [0.2, 0.25) is 11.9 Å². The number of aryl methyl sites for hydroxylation is 3. The fourth-order valence-electron chi connectivity index (χ4n) is 6.37. The third-order valence-electron chi connectivity index (χ3n) is 9.62. The fraction of sp³-hybridized carbons (Fsp3) is 0.429. The van der Waals surface area contributed by atoms with E-state index in [9.17, 15) is 9.59 Å². The van der Waals surface area contributed by atoms with Crippen LogP contribution in [0, 0.1) is 19.7 Å². The van der Waals surface area contributed by atoms with Crippen LogP contribution in [0.15, 0.2) is 66.9 Å². The Balaban J connectivity index is 1.33. The van der Waals surface area contributed by atoms with E-state index < -0.39 is 11.9 Å². The third kappa shape index (κ3) is 11.4. The van der Waals surface area contributed by atoms with Gasteiger partial charge in [-0.05, 0) is 81.5 Å². The average Bonchev–Trinajstić information content (AvgIpc) is 3.17. The predicted molar refractivity (Wildman–Crippen MR) is 214 cm³/mol. The highest BCUT2D eigenvalue weighted by Gasteiger charge is 2.27. The lowest BCUT2D eigenvalue weighted by Gasteiger charge is -2.36. The topological polar surface area (TPSA) is 121 Å². The first-order chi connectivity index (χ1) is 26.6. The number of ether oxygens (including phenoxy) is 3. The van der Waals surface area contributed by atoms with Crippen molar-refractivity contribution in [2.45, 2.75) is 66.3 Å². The Kier molecular flexibility index (Phi) is 14.8. The number of benzene rings is 3. The molecule has 3 aromatic carbocycles. The molecule has 0 aliphatic carbocycles. The van der Waals surface area contributed by atoms with Crippen molar-refractivity contribution >= 4 is 35.1 Å². The van der Waals surface area contributed by atoms with Crippen LogP contribution in [0.5, 0.6) is 17.2 Å². The molecule has 0 unspecified atom stereocenters. The molecule has 0 radical (unpaired) electrons. The van der Waals surface area contributed by atoms with E-state index in [0.717, 1.165) is 62.3 Å². The number of amides is 2.